The number of esters is 2. The fourth-order valence-corrected chi connectivity index (χ4v) is 12.0. The van der Waals surface area contributed by atoms with E-state index in [1.54, 1.807) is 0 Å². The summed E-state index contributed by atoms with van der Waals surface area (Å²) in [6, 6.07) is 0. The first-order valence-electron chi connectivity index (χ1n) is 37.6. The summed E-state index contributed by atoms with van der Waals surface area (Å²) >= 11 is 0. The van der Waals surface area contributed by atoms with Crippen LogP contribution in [0.2, 0.25) is 0 Å². The molecule has 0 saturated carbocycles. The van der Waals surface area contributed by atoms with Crippen molar-refractivity contribution in [3.05, 3.63) is 0 Å². The van der Waals surface area contributed by atoms with Crippen LogP contribution in [0.25, 0.3) is 0 Å². The topological polar surface area (TPSA) is 91.3 Å². The Kier molecular flexibility index (Phi) is 69.5. The van der Waals surface area contributed by atoms with E-state index < -0.39 is 6.10 Å². The Morgan fingerprint density at radius 3 is 0.780 bits per heavy atom. The minimum Gasteiger partial charge on any atom is -0.466 e. The number of aliphatic hydroxyl groups excluding tert-OH is 1. The molecule has 0 spiro atoms. The van der Waals surface area contributed by atoms with E-state index in [1.165, 1.54) is 308 Å². The number of carbonyl (C=O) groups is 2. The molecule has 490 valence electrons. The largest absolute Gasteiger partial charge is 0.466 e. The molecule has 0 aliphatic carbocycles. The maximum atomic E-state index is 12.9. The molecule has 0 aromatic carbocycles. The van der Waals surface area contributed by atoms with E-state index in [9.17, 15) is 14.7 Å². The van der Waals surface area contributed by atoms with Crippen LogP contribution < -0.4 is 5.32 Å². The third kappa shape index (κ3) is 66.3. The van der Waals surface area contributed by atoms with E-state index in [2.05, 4.69) is 42.8 Å². The molecule has 0 amide bonds. The number of rotatable bonds is 72. The zero-order chi connectivity index (χ0) is 59.4. The molecule has 82 heavy (non-hydrogen) atoms. The highest BCUT2D eigenvalue weighted by atomic mass is 16.5. The molecule has 1 unspecified atom stereocenters. The fourth-order valence-electron chi connectivity index (χ4n) is 12.0. The number of hydrogen-bond donors (Lipinski definition) is 2. The lowest BCUT2D eigenvalue weighted by Crippen LogP contribution is -2.42. The zero-order valence-electron chi connectivity index (χ0n) is 56.4. The Morgan fingerprint density at radius 2 is 0.500 bits per heavy atom. The van der Waals surface area contributed by atoms with Gasteiger partial charge in [-0.2, -0.15) is 0 Å². The summed E-state index contributed by atoms with van der Waals surface area (Å²) in [5, 5.41) is 15.5. The first kappa shape index (κ1) is 80.8. The molecule has 8 nitrogen and oxygen atoms in total. The van der Waals surface area contributed by atoms with Crippen LogP contribution in [0.5, 0.6) is 0 Å². The Bertz CT molecular complexity index is 1170. The number of ether oxygens (including phenoxy) is 2. The molecule has 0 aliphatic heterocycles. The summed E-state index contributed by atoms with van der Waals surface area (Å²) < 4.78 is 11.4. The SMILES string of the molecule is CCCCCCCCCCCCCCCOC(=O)CCCN(CCCC(=O)OCCCCCCCCCCCCCCC)CC(O)CN(CCCCCCCCCCCCCCC)CCCCNCCCCCCCCCCCCCC. The molecule has 0 aromatic heterocycles. The first-order chi connectivity index (χ1) is 40.5. The van der Waals surface area contributed by atoms with E-state index >= 15 is 0 Å². The smallest absolute Gasteiger partial charge is 0.305 e. The molecule has 0 radical (unpaired) electrons. The number of nitrogens with zero attached hydrogens (tertiary/aromatic N) is 2. The van der Waals surface area contributed by atoms with Crippen molar-refractivity contribution in [2.75, 3.05) is 65.6 Å². The highest BCUT2D eigenvalue weighted by Crippen LogP contribution is 2.18. The van der Waals surface area contributed by atoms with Crippen molar-refractivity contribution >= 4 is 11.9 Å². The minimum absolute atomic E-state index is 0.108. The van der Waals surface area contributed by atoms with Gasteiger partial charge in [-0.1, -0.05) is 329 Å². The van der Waals surface area contributed by atoms with Crippen LogP contribution in [0.4, 0.5) is 0 Å². The summed E-state index contributed by atoms with van der Waals surface area (Å²) in [6.45, 7) is 17.1. The van der Waals surface area contributed by atoms with Crippen molar-refractivity contribution in [1.29, 1.82) is 0 Å². The molecule has 1 atom stereocenters. The average molecular weight is 1160 g/mol. The number of aliphatic hydroxyl groups is 1. The Morgan fingerprint density at radius 1 is 0.293 bits per heavy atom. The van der Waals surface area contributed by atoms with Gasteiger partial charge in [-0.3, -0.25) is 9.59 Å². The highest BCUT2D eigenvalue weighted by Gasteiger charge is 2.18. The van der Waals surface area contributed by atoms with Crippen molar-refractivity contribution in [1.82, 2.24) is 15.1 Å². The van der Waals surface area contributed by atoms with E-state index in [0.717, 1.165) is 58.3 Å². The summed E-state index contributed by atoms with van der Waals surface area (Å²) in [5.41, 5.74) is 0. The monoisotopic (exact) mass is 1160 g/mol. The van der Waals surface area contributed by atoms with Crippen LogP contribution in [0, 0.1) is 0 Å². The van der Waals surface area contributed by atoms with Crippen LogP contribution in [0.15, 0.2) is 0 Å². The van der Waals surface area contributed by atoms with Crippen molar-refractivity contribution in [2.45, 2.75) is 400 Å². The highest BCUT2D eigenvalue weighted by molar-refractivity contribution is 5.69. The van der Waals surface area contributed by atoms with Crippen LogP contribution in [-0.2, 0) is 19.1 Å². The Labute approximate surface area is 514 Å². The Hall–Kier alpha value is -1.22. The standard InChI is InChI=1S/C74H149N3O5/c1-5-9-13-17-21-25-29-33-37-41-45-49-54-64-76(65-55-53-63-75-62-52-48-44-40-36-32-28-24-20-16-12-8-4)70-72(78)71-77(66-58-60-73(79)81-68-56-50-46-42-38-34-30-26-22-18-14-10-6-2)67-59-61-74(80)82-69-57-51-47-43-39-35-31-27-23-19-15-11-7-3/h72,75,78H,5-71H2,1-4H3. The van der Waals surface area contributed by atoms with Gasteiger partial charge in [0.2, 0.25) is 0 Å². The maximum absolute atomic E-state index is 12.9. The van der Waals surface area contributed by atoms with Crippen molar-refractivity contribution in [3.8, 4) is 0 Å². The van der Waals surface area contributed by atoms with Gasteiger partial charge in [0.1, 0.15) is 0 Å². The molecular formula is C74H149N3O5. The van der Waals surface area contributed by atoms with Gasteiger partial charge in [-0.15, -0.1) is 0 Å². The van der Waals surface area contributed by atoms with Gasteiger partial charge >= 0.3 is 11.9 Å². The van der Waals surface area contributed by atoms with Gasteiger partial charge in [-0.05, 0) is 90.6 Å². The predicted octanol–water partition coefficient (Wildman–Crippen LogP) is 21.9. The number of carbonyl (C=O) groups excluding carboxylic acids is 2. The number of hydrogen-bond acceptors (Lipinski definition) is 8. The van der Waals surface area contributed by atoms with E-state index in [1.807, 2.05) is 0 Å². The van der Waals surface area contributed by atoms with Gasteiger partial charge in [0.15, 0.2) is 0 Å². The lowest BCUT2D eigenvalue weighted by atomic mass is 10.0. The van der Waals surface area contributed by atoms with E-state index in [4.69, 9.17) is 9.47 Å². The molecule has 0 saturated heterocycles. The summed E-state index contributed by atoms with van der Waals surface area (Å²) in [5.74, 6) is -0.215. The molecule has 0 aromatic rings. The molecular weight excluding hydrogens is 1010 g/mol. The second kappa shape index (κ2) is 70.5. The van der Waals surface area contributed by atoms with Crippen molar-refractivity contribution in [2.24, 2.45) is 0 Å². The fraction of sp³-hybridized carbons (Fsp3) is 0.973. The molecule has 8 heteroatoms. The van der Waals surface area contributed by atoms with Gasteiger partial charge in [0, 0.05) is 25.9 Å². The van der Waals surface area contributed by atoms with Gasteiger partial charge < -0.3 is 29.7 Å². The normalized spacial score (nSPS) is 12.1. The lowest BCUT2D eigenvalue weighted by molar-refractivity contribution is -0.144. The van der Waals surface area contributed by atoms with Crippen LogP contribution in [0.1, 0.15) is 394 Å². The second-order valence-electron chi connectivity index (χ2n) is 26.0. The summed E-state index contributed by atoms with van der Waals surface area (Å²) in [4.78, 5) is 30.6. The number of nitrogens with one attached hydrogen (secondary N) is 1. The van der Waals surface area contributed by atoms with E-state index in [-0.39, 0.29) is 11.9 Å². The molecule has 2 N–H and O–H groups in total. The van der Waals surface area contributed by atoms with Crippen LogP contribution >= 0.6 is 0 Å². The van der Waals surface area contributed by atoms with Gasteiger partial charge in [0.05, 0.1) is 19.3 Å². The van der Waals surface area contributed by atoms with Crippen molar-refractivity contribution < 1.29 is 24.2 Å². The third-order valence-corrected chi connectivity index (χ3v) is 17.5. The zero-order valence-corrected chi connectivity index (χ0v) is 56.4. The predicted molar refractivity (Wildman–Crippen MR) is 360 cm³/mol. The molecule has 0 bridgehead atoms. The lowest BCUT2D eigenvalue weighted by Gasteiger charge is -2.29. The average Bonchev–Trinajstić information content (AvgIpc) is 3.47. The molecule has 0 heterocycles. The minimum atomic E-state index is -0.490. The van der Waals surface area contributed by atoms with Crippen LogP contribution in [0.3, 0.4) is 0 Å². The summed E-state index contributed by atoms with van der Waals surface area (Å²) in [6.07, 6.45) is 72.3. The van der Waals surface area contributed by atoms with E-state index in [0.29, 0.717) is 65.1 Å². The van der Waals surface area contributed by atoms with Crippen LogP contribution in [-0.4, -0.2) is 98.5 Å². The Balaban J connectivity index is 5.06. The number of unbranched alkanes of at least 4 members (excludes halogenated alkanes) is 48. The van der Waals surface area contributed by atoms with Crippen molar-refractivity contribution in [3.63, 3.8) is 0 Å². The van der Waals surface area contributed by atoms with Gasteiger partial charge in [0.25, 0.3) is 0 Å². The molecule has 0 fully saturated rings. The second-order valence-corrected chi connectivity index (χ2v) is 26.0. The quantitative estimate of drug-likeness (QED) is 0.0460. The van der Waals surface area contributed by atoms with Gasteiger partial charge in [-0.25, -0.2) is 0 Å². The maximum Gasteiger partial charge on any atom is 0.305 e. The molecule has 0 rings (SSSR count). The molecule has 0 aliphatic rings. The third-order valence-electron chi connectivity index (χ3n) is 17.5. The summed E-state index contributed by atoms with van der Waals surface area (Å²) in [7, 11) is 0. The first-order valence-corrected chi connectivity index (χ1v) is 37.6.